The zero-order chi connectivity index (χ0) is 6.85. The summed E-state index contributed by atoms with van der Waals surface area (Å²) < 4.78 is 5.16. The van der Waals surface area contributed by atoms with Crippen LogP contribution in [0.2, 0.25) is 0 Å². The van der Waals surface area contributed by atoms with E-state index in [1.54, 1.807) is 0 Å². The molecule has 1 saturated heterocycles. The SMILES string of the molecule is C=C1N(C)COCN1C. The Balaban J connectivity index is 2.52. The molecule has 3 nitrogen and oxygen atoms in total. The molecule has 0 unspecified atom stereocenters. The molecule has 0 spiro atoms. The lowest BCUT2D eigenvalue weighted by atomic mass is 10.6. The van der Waals surface area contributed by atoms with Crippen molar-refractivity contribution in [2.75, 3.05) is 27.6 Å². The van der Waals surface area contributed by atoms with Gasteiger partial charge in [0.15, 0.2) is 0 Å². The van der Waals surface area contributed by atoms with Gasteiger partial charge >= 0.3 is 0 Å². The highest BCUT2D eigenvalue weighted by atomic mass is 16.5. The molecule has 0 amide bonds. The van der Waals surface area contributed by atoms with Crippen LogP contribution in [-0.2, 0) is 4.74 Å². The quantitative estimate of drug-likeness (QED) is 0.465. The second kappa shape index (κ2) is 2.27. The van der Waals surface area contributed by atoms with E-state index in [2.05, 4.69) is 6.58 Å². The maximum absolute atomic E-state index is 5.16. The molecule has 0 N–H and O–H groups in total. The number of hydrogen-bond donors (Lipinski definition) is 0. The molecule has 0 aliphatic carbocycles. The van der Waals surface area contributed by atoms with Crippen molar-refractivity contribution in [3.05, 3.63) is 12.4 Å². The first kappa shape index (κ1) is 6.42. The highest BCUT2D eigenvalue weighted by molar-refractivity contribution is 4.90. The van der Waals surface area contributed by atoms with Gasteiger partial charge in [-0.3, -0.25) is 0 Å². The first-order valence-corrected chi connectivity index (χ1v) is 2.90. The molecule has 1 fully saturated rings. The summed E-state index contributed by atoms with van der Waals surface area (Å²) in [5.74, 6) is 1.02. The molecule has 1 heterocycles. The van der Waals surface area contributed by atoms with Gasteiger partial charge in [0.2, 0.25) is 0 Å². The molecular weight excluding hydrogens is 116 g/mol. The second-order valence-electron chi connectivity index (χ2n) is 2.27. The summed E-state index contributed by atoms with van der Waals surface area (Å²) in [6, 6.07) is 0. The van der Waals surface area contributed by atoms with Gasteiger partial charge in [-0.25, -0.2) is 0 Å². The summed E-state index contributed by atoms with van der Waals surface area (Å²) in [6.07, 6.45) is 0. The third-order valence-electron chi connectivity index (χ3n) is 1.45. The van der Waals surface area contributed by atoms with Crippen molar-refractivity contribution in [3.63, 3.8) is 0 Å². The Morgan fingerprint density at radius 1 is 1.33 bits per heavy atom. The third-order valence-corrected chi connectivity index (χ3v) is 1.45. The Morgan fingerprint density at radius 3 is 2.11 bits per heavy atom. The standard InChI is InChI=1S/C6H12N2O/c1-6-7(2)4-9-5-8(6)3/h1,4-5H2,2-3H3. The molecule has 1 rings (SSSR count). The van der Waals surface area contributed by atoms with Crippen LogP contribution in [0, 0.1) is 0 Å². The van der Waals surface area contributed by atoms with Crippen LogP contribution < -0.4 is 0 Å². The van der Waals surface area contributed by atoms with Crippen LogP contribution in [0.5, 0.6) is 0 Å². The number of ether oxygens (including phenoxy) is 1. The summed E-state index contributed by atoms with van der Waals surface area (Å²) >= 11 is 0. The molecule has 0 bridgehead atoms. The van der Waals surface area contributed by atoms with Crippen LogP contribution in [0.25, 0.3) is 0 Å². The van der Waals surface area contributed by atoms with Crippen molar-refractivity contribution < 1.29 is 4.74 Å². The van der Waals surface area contributed by atoms with Crippen LogP contribution in [0.1, 0.15) is 0 Å². The maximum Gasteiger partial charge on any atom is 0.122 e. The lowest BCUT2D eigenvalue weighted by molar-refractivity contribution is -0.0525. The van der Waals surface area contributed by atoms with Crippen molar-refractivity contribution in [3.8, 4) is 0 Å². The third kappa shape index (κ3) is 1.16. The summed E-state index contributed by atoms with van der Waals surface area (Å²) in [6.45, 7) is 5.16. The van der Waals surface area contributed by atoms with Crippen molar-refractivity contribution in [1.29, 1.82) is 0 Å². The van der Waals surface area contributed by atoms with E-state index in [0.717, 1.165) is 5.82 Å². The lowest BCUT2D eigenvalue weighted by Gasteiger charge is -2.34. The van der Waals surface area contributed by atoms with E-state index in [1.807, 2.05) is 23.9 Å². The van der Waals surface area contributed by atoms with Crippen molar-refractivity contribution in [2.45, 2.75) is 0 Å². The zero-order valence-electron chi connectivity index (χ0n) is 5.92. The number of nitrogens with zero attached hydrogens (tertiary/aromatic N) is 2. The van der Waals surface area contributed by atoms with Crippen LogP contribution in [0.4, 0.5) is 0 Å². The van der Waals surface area contributed by atoms with Crippen LogP contribution in [0.3, 0.4) is 0 Å². The fourth-order valence-electron chi connectivity index (χ4n) is 0.755. The largest absolute Gasteiger partial charge is 0.341 e. The molecular formula is C6H12N2O. The van der Waals surface area contributed by atoms with Gasteiger partial charge in [-0.05, 0) is 0 Å². The van der Waals surface area contributed by atoms with Gasteiger partial charge in [0.25, 0.3) is 0 Å². The summed E-state index contributed by atoms with van der Waals surface area (Å²) in [5.41, 5.74) is 0. The molecule has 0 saturated carbocycles. The zero-order valence-corrected chi connectivity index (χ0v) is 5.92. The van der Waals surface area contributed by atoms with Crippen LogP contribution in [0.15, 0.2) is 12.4 Å². The predicted molar refractivity (Wildman–Crippen MR) is 35.5 cm³/mol. The fourth-order valence-corrected chi connectivity index (χ4v) is 0.755. The molecule has 0 aromatic heterocycles. The molecule has 52 valence electrons. The molecule has 1 aliphatic heterocycles. The lowest BCUT2D eigenvalue weighted by Crippen LogP contribution is -2.39. The Labute approximate surface area is 55.5 Å². The van der Waals surface area contributed by atoms with Crippen LogP contribution >= 0.6 is 0 Å². The predicted octanol–water partition coefficient (Wildman–Crippen LogP) is 0.266. The van der Waals surface area contributed by atoms with Crippen LogP contribution in [-0.4, -0.2) is 37.4 Å². The highest BCUT2D eigenvalue weighted by Crippen LogP contribution is 2.08. The molecule has 0 aromatic rings. The minimum absolute atomic E-state index is 0.656. The van der Waals surface area contributed by atoms with Crippen molar-refractivity contribution in [1.82, 2.24) is 9.80 Å². The first-order valence-electron chi connectivity index (χ1n) is 2.90. The van der Waals surface area contributed by atoms with Gasteiger partial charge in [0.05, 0.1) is 5.82 Å². The molecule has 1 aliphatic rings. The van der Waals surface area contributed by atoms with E-state index >= 15 is 0 Å². The van der Waals surface area contributed by atoms with E-state index < -0.39 is 0 Å². The van der Waals surface area contributed by atoms with E-state index in [1.165, 1.54) is 0 Å². The van der Waals surface area contributed by atoms with E-state index in [0.29, 0.717) is 13.5 Å². The topological polar surface area (TPSA) is 15.7 Å². The molecule has 0 aromatic carbocycles. The van der Waals surface area contributed by atoms with E-state index in [9.17, 15) is 0 Å². The van der Waals surface area contributed by atoms with Gasteiger partial charge in [0, 0.05) is 14.1 Å². The van der Waals surface area contributed by atoms with Gasteiger partial charge in [-0.2, -0.15) is 0 Å². The maximum atomic E-state index is 5.16. The average molecular weight is 128 g/mol. The van der Waals surface area contributed by atoms with Gasteiger partial charge < -0.3 is 14.5 Å². The number of hydrogen-bond acceptors (Lipinski definition) is 3. The van der Waals surface area contributed by atoms with Gasteiger partial charge in [-0.1, -0.05) is 6.58 Å². The van der Waals surface area contributed by atoms with Gasteiger partial charge in [-0.15, -0.1) is 0 Å². The monoisotopic (exact) mass is 128 g/mol. The van der Waals surface area contributed by atoms with E-state index in [-0.39, 0.29) is 0 Å². The highest BCUT2D eigenvalue weighted by Gasteiger charge is 2.12. The van der Waals surface area contributed by atoms with Crippen molar-refractivity contribution >= 4 is 0 Å². The number of rotatable bonds is 0. The summed E-state index contributed by atoms with van der Waals surface area (Å²) in [7, 11) is 3.91. The normalized spacial score (nSPS) is 20.9. The minimum Gasteiger partial charge on any atom is -0.341 e. The minimum atomic E-state index is 0.656. The Bertz CT molecular complexity index is 112. The Kier molecular flexibility index (Phi) is 1.62. The van der Waals surface area contributed by atoms with Crippen molar-refractivity contribution in [2.24, 2.45) is 0 Å². The smallest absolute Gasteiger partial charge is 0.122 e. The first-order chi connectivity index (χ1) is 4.22. The Morgan fingerprint density at radius 2 is 1.78 bits per heavy atom. The second-order valence-corrected chi connectivity index (χ2v) is 2.27. The average Bonchev–Trinajstić information content (AvgIpc) is 1.83. The molecule has 0 radical (unpaired) electrons. The van der Waals surface area contributed by atoms with E-state index in [4.69, 9.17) is 4.74 Å². The van der Waals surface area contributed by atoms with Gasteiger partial charge in [0.1, 0.15) is 13.5 Å². The summed E-state index contributed by atoms with van der Waals surface area (Å²) in [5, 5.41) is 0. The molecule has 0 atom stereocenters. The molecule has 9 heavy (non-hydrogen) atoms. The Hall–Kier alpha value is -0.700. The fraction of sp³-hybridized carbons (Fsp3) is 0.667. The summed E-state index contributed by atoms with van der Waals surface area (Å²) in [4.78, 5) is 3.92. The molecule has 3 heteroatoms.